The summed E-state index contributed by atoms with van der Waals surface area (Å²) in [6.07, 6.45) is 0.640. The van der Waals surface area contributed by atoms with E-state index in [4.69, 9.17) is 31.4 Å². The number of rotatable bonds is 8. The van der Waals surface area contributed by atoms with Crippen molar-refractivity contribution in [1.82, 2.24) is 15.0 Å². The molecule has 29 heavy (non-hydrogen) atoms. The van der Waals surface area contributed by atoms with Crippen LogP contribution in [-0.2, 0) is 6.61 Å². The van der Waals surface area contributed by atoms with Crippen LogP contribution in [0.4, 0.5) is 5.82 Å². The zero-order valence-corrected chi connectivity index (χ0v) is 16.5. The van der Waals surface area contributed by atoms with Crippen LogP contribution in [0, 0.1) is 0 Å². The van der Waals surface area contributed by atoms with Gasteiger partial charge in [-0.25, -0.2) is 9.97 Å². The number of aromatic amines is 1. The van der Waals surface area contributed by atoms with Gasteiger partial charge >= 0.3 is 0 Å². The first-order valence-electron chi connectivity index (χ1n) is 9.41. The van der Waals surface area contributed by atoms with Crippen LogP contribution in [0.5, 0.6) is 5.75 Å². The van der Waals surface area contributed by atoms with Crippen molar-refractivity contribution in [3.8, 4) is 17.1 Å². The van der Waals surface area contributed by atoms with Crippen LogP contribution in [0.15, 0.2) is 60.7 Å². The number of fused-ring (bicyclic) bond motifs is 1. The number of hydrogen-bond acceptors (Lipinski definition) is 5. The normalized spacial score (nSPS) is 11.0. The van der Waals surface area contributed by atoms with E-state index in [1.807, 2.05) is 54.6 Å². The number of anilines is 1. The number of hydrogen-bond donors (Lipinski definition) is 3. The molecule has 0 atom stereocenters. The molecule has 3 N–H and O–H groups in total. The molecule has 0 saturated heterocycles. The lowest BCUT2D eigenvalue weighted by Crippen LogP contribution is -2.06. The van der Waals surface area contributed by atoms with E-state index in [1.165, 1.54) is 0 Å². The van der Waals surface area contributed by atoms with Gasteiger partial charge in [-0.1, -0.05) is 48.0 Å². The molecule has 0 amide bonds. The van der Waals surface area contributed by atoms with Crippen LogP contribution in [-0.4, -0.2) is 33.2 Å². The zero-order chi connectivity index (χ0) is 20.1. The van der Waals surface area contributed by atoms with Gasteiger partial charge in [0.25, 0.3) is 0 Å². The average molecular weight is 409 g/mol. The molecule has 7 heteroatoms. The lowest BCUT2D eigenvalue weighted by molar-refractivity contribution is 0.292. The number of aliphatic hydroxyl groups is 1. The summed E-state index contributed by atoms with van der Waals surface area (Å²) < 4.78 is 5.84. The molecule has 2 aromatic heterocycles. The van der Waals surface area contributed by atoms with Crippen molar-refractivity contribution in [1.29, 1.82) is 0 Å². The third-order valence-corrected chi connectivity index (χ3v) is 4.63. The molecular weight excluding hydrogens is 388 g/mol. The molecule has 2 heterocycles. The van der Waals surface area contributed by atoms with Crippen LogP contribution in [0.3, 0.4) is 0 Å². The minimum atomic E-state index is 0.124. The van der Waals surface area contributed by atoms with Gasteiger partial charge in [0.2, 0.25) is 0 Å². The SMILES string of the molecule is OCCCNc1nc(-c2ccccc2)nc2[nH]c(COc3cccc(Cl)c3)cc12. The highest BCUT2D eigenvalue weighted by molar-refractivity contribution is 6.30. The van der Waals surface area contributed by atoms with E-state index in [9.17, 15) is 0 Å². The first-order valence-corrected chi connectivity index (χ1v) is 9.79. The van der Waals surface area contributed by atoms with Crippen molar-refractivity contribution >= 4 is 28.5 Å². The third-order valence-electron chi connectivity index (χ3n) is 4.39. The van der Waals surface area contributed by atoms with E-state index >= 15 is 0 Å². The molecule has 0 aliphatic heterocycles. The Morgan fingerprint density at radius 3 is 2.69 bits per heavy atom. The van der Waals surface area contributed by atoms with Gasteiger partial charge in [-0.15, -0.1) is 0 Å². The quantitative estimate of drug-likeness (QED) is 0.369. The van der Waals surface area contributed by atoms with Gasteiger partial charge in [0.05, 0.1) is 11.1 Å². The average Bonchev–Trinajstić information content (AvgIpc) is 3.16. The van der Waals surface area contributed by atoms with E-state index in [-0.39, 0.29) is 6.61 Å². The summed E-state index contributed by atoms with van der Waals surface area (Å²) >= 11 is 6.02. The molecule has 6 nitrogen and oxygen atoms in total. The standard InChI is InChI=1S/C22H21ClN4O2/c23-16-8-4-9-18(12-16)29-14-17-13-19-21(24-10-5-11-28)26-20(27-22(19)25-17)15-6-2-1-3-7-15/h1-4,6-9,12-13,28H,5,10-11,14H2,(H2,24,25,26,27). The zero-order valence-electron chi connectivity index (χ0n) is 15.7. The van der Waals surface area contributed by atoms with E-state index in [0.717, 1.165) is 28.1 Å². The predicted octanol–water partition coefficient (Wildman–Crippen LogP) is 4.65. The molecule has 4 aromatic rings. The van der Waals surface area contributed by atoms with Crippen molar-refractivity contribution in [2.24, 2.45) is 0 Å². The van der Waals surface area contributed by atoms with Crippen molar-refractivity contribution in [3.63, 3.8) is 0 Å². The lowest BCUT2D eigenvalue weighted by atomic mass is 10.2. The minimum Gasteiger partial charge on any atom is -0.487 e. The Hall–Kier alpha value is -3.09. The Balaban J connectivity index is 1.64. The maximum absolute atomic E-state index is 9.09. The second kappa shape index (κ2) is 8.94. The molecule has 0 aliphatic rings. The number of aliphatic hydroxyl groups excluding tert-OH is 1. The second-order valence-corrected chi connectivity index (χ2v) is 7.01. The molecule has 0 aliphatic carbocycles. The molecular formula is C22H21ClN4O2. The number of H-pyrrole nitrogens is 1. The van der Waals surface area contributed by atoms with Gasteiger partial charge < -0.3 is 20.1 Å². The fourth-order valence-corrected chi connectivity index (χ4v) is 3.18. The maximum Gasteiger partial charge on any atom is 0.163 e. The number of aromatic nitrogens is 3. The molecule has 148 valence electrons. The second-order valence-electron chi connectivity index (χ2n) is 6.57. The molecule has 0 unspecified atom stereocenters. The van der Waals surface area contributed by atoms with E-state index in [1.54, 1.807) is 6.07 Å². The van der Waals surface area contributed by atoms with Crippen LogP contribution >= 0.6 is 11.6 Å². The number of halogens is 1. The molecule has 4 rings (SSSR count). The monoisotopic (exact) mass is 408 g/mol. The van der Waals surface area contributed by atoms with Crippen molar-refractivity contribution in [2.75, 3.05) is 18.5 Å². The smallest absolute Gasteiger partial charge is 0.163 e. The Morgan fingerprint density at radius 1 is 1.03 bits per heavy atom. The fourth-order valence-electron chi connectivity index (χ4n) is 3.00. The minimum absolute atomic E-state index is 0.124. The lowest BCUT2D eigenvalue weighted by Gasteiger charge is -2.08. The summed E-state index contributed by atoms with van der Waals surface area (Å²) in [5.74, 6) is 2.06. The Kier molecular flexibility index (Phi) is 5.93. The van der Waals surface area contributed by atoms with Gasteiger partial charge in [-0.2, -0.15) is 0 Å². The van der Waals surface area contributed by atoms with Gasteiger partial charge in [0, 0.05) is 23.7 Å². The first-order chi connectivity index (χ1) is 14.2. The van der Waals surface area contributed by atoms with E-state index in [0.29, 0.717) is 36.2 Å². The summed E-state index contributed by atoms with van der Waals surface area (Å²) in [7, 11) is 0. The van der Waals surface area contributed by atoms with Gasteiger partial charge in [0.1, 0.15) is 23.8 Å². The van der Waals surface area contributed by atoms with E-state index < -0.39 is 0 Å². The number of benzene rings is 2. The molecule has 0 radical (unpaired) electrons. The van der Waals surface area contributed by atoms with Crippen molar-refractivity contribution in [3.05, 3.63) is 71.4 Å². The molecule has 0 fully saturated rings. The summed E-state index contributed by atoms with van der Waals surface area (Å²) in [4.78, 5) is 12.7. The Labute approximate surface area is 173 Å². The largest absolute Gasteiger partial charge is 0.487 e. The fraction of sp³-hybridized carbons (Fsp3) is 0.182. The highest BCUT2D eigenvalue weighted by Crippen LogP contribution is 2.26. The highest BCUT2D eigenvalue weighted by atomic mass is 35.5. The van der Waals surface area contributed by atoms with Crippen LogP contribution in [0.2, 0.25) is 5.02 Å². The summed E-state index contributed by atoms with van der Waals surface area (Å²) in [6.45, 7) is 1.10. The number of ether oxygens (including phenoxy) is 1. The van der Waals surface area contributed by atoms with Gasteiger partial charge in [-0.3, -0.25) is 0 Å². The van der Waals surface area contributed by atoms with Crippen molar-refractivity contribution in [2.45, 2.75) is 13.0 Å². The first kappa shape index (κ1) is 19.2. The van der Waals surface area contributed by atoms with Crippen LogP contribution < -0.4 is 10.1 Å². The summed E-state index contributed by atoms with van der Waals surface area (Å²) in [6, 6.07) is 19.1. The summed E-state index contributed by atoms with van der Waals surface area (Å²) in [5.41, 5.74) is 2.55. The Morgan fingerprint density at radius 2 is 1.90 bits per heavy atom. The molecule has 0 spiro atoms. The number of nitrogens with zero attached hydrogens (tertiary/aromatic N) is 2. The van der Waals surface area contributed by atoms with E-state index in [2.05, 4.69) is 10.3 Å². The molecule has 2 aromatic carbocycles. The number of nitrogens with one attached hydrogen (secondary N) is 2. The van der Waals surface area contributed by atoms with Crippen LogP contribution in [0.1, 0.15) is 12.1 Å². The predicted molar refractivity (Wildman–Crippen MR) is 115 cm³/mol. The van der Waals surface area contributed by atoms with Gasteiger partial charge in [-0.05, 0) is 30.7 Å². The molecule has 0 bridgehead atoms. The van der Waals surface area contributed by atoms with Gasteiger partial charge in [0.15, 0.2) is 5.82 Å². The van der Waals surface area contributed by atoms with Crippen molar-refractivity contribution < 1.29 is 9.84 Å². The third kappa shape index (κ3) is 4.67. The maximum atomic E-state index is 9.09. The topological polar surface area (TPSA) is 83.1 Å². The highest BCUT2D eigenvalue weighted by Gasteiger charge is 2.13. The summed E-state index contributed by atoms with van der Waals surface area (Å²) in [5, 5.41) is 13.9. The Bertz CT molecular complexity index is 1100. The molecule has 0 saturated carbocycles. The van der Waals surface area contributed by atoms with Crippen LogP contribution in [0.25, 0.3) is 22.4 Å².